The molecule has 0 spiro atoms. The zero-order valence-corrected chi connectivity index (χ0v) is 10.8. The zero-order chi connectivity index (χ0) is 13.8. The second-order valence-corrected chi connectivity index (χ2v) is 3.91. The maximum absolute atomic E-state index is 12.0. The normalized spacial score (nSPS) is 10.2. The van der Waals surface area contributed by atoms with Crippen molar-refractivity contribution in [1.29, 1.82) is 0 Å². The Morgan fingerprint density at radius 2 is 1.74 bits per heavy atom. The Morgan fingerprint density at radius 3 is 2.37 bits per heavy atom. The van der Waals surface area contributed by atoms with Crippen LogP contribution in [0.15, 0.2) is 36.4 Å². The molecular formula is C15H14O4. The topological polar surface area (TPSA) is 52.6 Å². The molecule has 0 N–H and O–H groups in total. The lowest BCUT2D eigenvalue weighted by Crippen LogP contribution is -2.17. The second-order valence-electron chi connectivity index (χ2n) is 3.91. The highest BCUT2D eigenvalue weighted by Crippen LogP contribution is 2.28. The van der Waals surface area contributed by atoms with Crippen molar-refractivity contribution >= 4 is 22.5 Å². The van der Waals surface area contributed by atoms with Crippen LogP contribution in [-0.2, 0) is 9.53 Å². The standard InChI is InChI=1S/C15H14O4/c1-3-19-15(17)14(16)12-8-9-13(18-2)11-7-5-4-6-10(11)12/h4-9H,3H2,1-2H3. The summed E-state index contributed by atoms with van der Waals surface area (Å²) in [5.41, 5.74) is 0.329. The summed E-state index contributed by atoms with van der Waals surface area (Å²) in [5, 5.41) is 1.47. The zero-order valence-electron chi connectivity index (χ0n) is 10.8. The van der Waals surface area contributed by atoms with E-state index in [0.29, 0.717) is 16.7 Å². The third kappa shape index (κ3) is 2.42. The van der Waals surface area contributed by atoms with Crippen LogP contribution >= 0.6 is 0 Å². The highest BCUT2D eigenvalue weighted by molar-refractivity contribution is 6.43. The van der Waals surface area contributed by atoms with Gasteiger partial charge in [0.25, 0.3) is 5.78 Å². The van der Waals surface area contributed by atoms with E-state index in [0.717, 1.165) is 5.39 Å². The highest BCUT2D eigenvalue weighted by atomic mass is 16.5. The molecule has 0 saturated heterocycles. The number of carbonyl (C=O) groups is 2. The van der Waals surface area contributed by atoms with E-state index in [4.69, 9.17) is 9.47 Å². The Balaban J connectivity index is 2.56. The molecule has 0 aliphatic heterocycles. The average molecular weight is 258 g/mol. The van der Waals surface area contributed by atoms with Crippen LogP contribution in [0.25, 0.3) is 10.8 Å². The van der Waals surface area contributed by atoms with E-state index in [2.05, 4.69) is 0 Å². The lowest BCUT2D eigenvalue weighted by atomic mass is 10.0. The first-order chi connectivity index (χ1) is 9.19. The Labute approximate surface area is 110 Å². The van der Waals surface area contributed by atoms with Crippen LogP contribution in [0, 0.1) is 0 Å². The summed E-state index contributed by atoms with van der Waals surface area (Å²) >= 11 is 0. The van der Waals surface area contributed by atoms with Gasteiger partial charge in [-0.3, -0.25) is 4.79 Å². The van der Waals surface area contributed by atoms with Gasteiger partial charge < -0.3 is 9.47 Å². The monoisotopic (exact) mass is 258 g/mol. The van der Waals surface area contributed by atoms with Gasteiger partial charge in [0, 0.05) is 10.9 Å². The van der Waals surface area contributed by atoms with Gasteiger partial charge in [-0.25, -0.2) is 4.79 Å². The molecule has 0 atom stereocenters. The molecule has 4 heteroatoms. The minimum absolute atomic E-state index is 0.179. The molecule has 0 radical (unpaired) electrons. The number of hydrogen-bond donors (Lipinski definition) is 0. The van der Waals surface area contributed by atoms with Crippen molar-refractivity contribution < 1.29 is 19.1 Å². The van der Waals surface area contributed by atoms with E-state index in [1.54, 1.807) is 32.2 Å². The van der Waals surface area contributed by atoms with E-state index in [1.807, 2.05) is 18.2 Å². The first-order valence-electron chi connectivity index (χ1n) is 5.96. The van der Waals surface area contributed by atoms with Crippen molar-refractivity contribution in [2.45, 2.75) is 6.92 Å². The fourth-order valence-corrected chi connectivity index (χ4v) is 1.95. The van der Waals surface area contributed by atoms with E-state index in [1.165, 1.54) is 0 Å². The molecule has 0 heterocycles. The Bertz CT molecular complexity index is 631. The molecule has 0 aromatic heterocycles. The van der Waals surface area contributed by atoms with Gasteiger partial charge in [0.15, 0.2) is 0 Å². The smallest absolute Gasteiger partial charge is 0.379 e. The summed E-state index contributed by atoms with van der Waals surface area (Å²) < 4.78 is 9.99. The fourth-order valence-electron chi connectivity index (χ4n) is 1.95. The SMILES string of the molecule is CCOC(=O)C(=O)c1ccc(OC)c2ccccc12. The molecule has 2 aromatic rings. The first kappa shape index (κ1) is 13.1. The van der Waals surface area contributed by atoms with Gasteiger partial charge in [-0.2, -0.15) is 0 Å². The van der Waals surface area contributed by atoms with Crippen LogP contribution in [0.4, 0.5) is 0 Å². The van der Waals surface area contributed by atoms with Crippen molar-refractivity contribution in [2.75, 3.05) is 13.7 Å². The lowest BCUT2D eigenvalue weighted by molar-refractivity contribution is -0.137. The Hall–Kier alpha value is -2.36. The highest BCUT2D eigenvalue weighted by Gasteiger charge is 2.20. The van der Waals surface area contributed by atoms with Gasteiger partial charge in [-0.15, -0.1) is 0 Å². The van der Waals surface area contributed by atoms with Crippen LogP contribution in [-0.4, -0.2) is 25.5 Å². The third-order valence-corrected chi connectivity index (χ3v) is 2.81. The van der Waals surface area contributed by atoms with Crippen LogP contribution in [0.2, 0.25) is 0 Å². The molecule has 2 rings (SSSR count). The number of ether oxygens (including phenoxy) is 2. The molecular weight excluding hydrogens is 244 g/mol. The third-order valence-electron chi connectivity index (χ3n) is 2.81. The van der Waals surface area contributed by atoms with Gasteiger partial charge in [-0.05, 0) is 24.4 Å². The largest absolute Gasteiger partial charge is 0.496 e. The molecule has 98 valence electrons. The lowest BCUT2D eigenvalue weighted by Gasteiger charge is -2.09. The maximum Gasteiger partial charge on any atom is 0.379 e. The number of methoxy groups -OCH3 is 1. The Kier molecular flexibility index (Phi) is 3.80. The first-order valence-corrected chi connectivity index (χ1v) is 5.96. The van der Waals surface area contributed by atoms with Gasteiger partial charge in [-0.1, -0.05) is 24.3 Å². The number of hydrogen-bond acceptors (Lipinski definition) is 4. The van der Waals surface area contributed by atoms with Crippen LogP contribution in [0.3, 0.4) is 0 Å². The molecule has 0 amide bonds. The minimum Gasteiger partial charge on any atom is -0.496 e. The molecule has 0 unspecified atom stereocenters. The van der Waals surface area contributed by atoms with E-state index < -0.39 is 11.8 Å². The maximum atomic E-state index is 12.0. The molecule has 19 heavy (non-hydrogen) atoms. The predicted octanol–water partition coefficient (Wildman–Crippen LogP) is 2.59. The molecule has 0 saturated carbocycles. The van der Waals surface area contributed by atoms with Crippen molar-refractivity contribution in [3.63, 3.8) is 0 Å². The number of ketones is 1. The average Bonchev–Trinajstić information content (AvgIpc) is 2.45. The number of benzene rings is 2. The number of esters is 1. The summed E-state index contributed by atoms with van der Waals surface area (Å²) in [4.78, 5) is 23.6. The molecule has 0 aliphatic rings. The number of rotatable bonds is 4. The summed E-state index contributed by atoms with van der Waals surface area (Å²) in [6.45, 7) is 1.84. The van der Waals surface area contributed by atoms with E-state index >= 15 is 0 Å². The molecule has 4 nitrogen and oxygen atoms in total. The summed E-state index contributed by atoms with van der Waals surface area (Å²) in [6, 6.07) is 10.5. The summed E-state index contributed by atoms with van der Waals surface area (Å²) in [6.07, 6.45) is 0. The van der Waals surface area contributed by atoms with Gasteiger partial charge in [0.2, 0.25) is 0 Å². The minimum atomic E-state index is -0.835. The van der Waals surface area contributed by atoms with E-state index in [-0.39, 0.29) is 6.61 Å². The van der Waals surface area contributed by atoms with Crippen LogP contribution in [0.1, 0.15) is 17.3 Å². The van der Waals surface area contributed by atoms with Crippen LogP contribution in [0.5, 0.6) is 5.75 Å². The van der Waals surface area contributed by atoms with Crippen molar-refractivity contribution in [1.82, 2.24) is 0 Å². The molecule has 2 aromatic carbocycles. The summed E-state index contributed by atoms with van der Waals surface area (Å²) in [7, 11) is 1.56. The quantitative estimate of drug-likeness (QED) is 0.480. The number of carbonyl (C=O) groups excluding carboxylic acids is 2. The molecule has 0 aliphatic carbocycles. The van der Waals surface area contributed by atoms with Gasteiger partial charge in [0.1, 0.15) is 5.75 Å². The van der Waals surface area contributed by atoms with Gasteiger partial charge in [0.05, 0.1) is 13.7 Å². The number of Topliss-reactive ketones (excluding diaryl/α,β-unsaturated/α-hetero) is 1. The second kappa shape index (κ2) is 5.52. The van der Waals surface area contributed by atoms with Crippen molar-refractivity contribution in [2.24, 2.45) is 0 Å². The molecule has 0 bridgehead atoms. The Morgan fingerprint density at radius 1 is 1.05 bits per heavy atom. The fraction of sp³-hybridized carbons (Fsp3) is 0.200. The van der Waals surface area contributed by atoms with E-state index in [9.17, 15) is 9.59 Å². The summed E-state index contributed by atoms with van der Waals surface area (Å²) in [5.74, 6) is -0.811. The number of fused-ring (bicyclic) bond motifs is 1. The van der Waals surface area contributed by atoms with Gasteiger partial charge >= 0.3 is 5.97 Å². The van der Waals surface area contributed by atoms with Crippen LogP contribution < -0.4 is 4.74 Å². The predicted molar refractivity (Wildman–Crippen MR) is 71.5 cm³/mol. The van der Waals surface area contributed by atoms with Crippen molar-refractivity contribution in [3.8, 4) is 5.75 Å². The van der Waals surface area contributed by atoms with Crippen molar-refractivity contribution in [3.05, 3.63) is 42.0 Å². The molecule has 0 fully saturated rings.